The van der Waals surface area contributed by atoms with Crippen molar-refractivity contribution in [3.63, 3.8) is 0 Å². The van der Waals surface area contributed by atoms with Crippen LogP contribution in [-0.2, 0) is 19.0 Å². The predicted molar refractivity (Wildman–Crippen MR) is 85.9 cm³/mol. The molecule has 12 heteroatoms. The van der Waals surface area contributed by atoms with Crippen LogP contribution in [0.2, 0.25) is 0 Å². The molecule has 4 N–H and O–H groups in total. The number of aliphatic hydroxyl groups is 3. The van der Waals surface area contributed by atoms with E-state index in [9.17, 15) is 24.9 Å². The Balaban J connectivity index is 3.04. The Kier molecular flexibility index (Phi) is 7.60. The van der Waals surface area contributed by atoms with Gasteiger partial charge in [-0.25, -0.2) is 9.59 Å². The van der Waals surface area contributed by atoms with Gasteiger partial charge in [0.05, 0.1) is 19.8 Å². The van der Waals surface area contributed by atoms with Crippen LogP contribution in [0.1, 0.15) is 20.8 Å². The van der Waals surface area contributed by atoms with E-state index in [1.54, 1.807) is 20.8 Å². The van der Waals surface area contributed by atoms with Gasteiger partial charge in [-0.2, -0.15) is 0 Å². The van der Waals surface area contributed by atoms with E-state index in [4.69, 9.17) is 15.0 Å². The van der Waals surface area contributed by atoms with Crippen LogP contribution in [0.3, 0.4) is 0 Å². The van der Waals surface area contributed by atoms with E-state index in [-0.39, 0.29) is 6.54 Å². The molecule has 1 heterocycles. The molecule has 0 radical (unpaired) electrons. The highest BCUT2D eigenvalue weighted by molar-refractivity contribution is 5.82. The van der Waals surface area contributed by atoms with E-state index >= 15 is 0 Å². The summed E-state index contributed by atoms with van der Waals surface area (Å²) in [6.45, 7) is 4.48. The zero-order valence-corrected chi connectivity index (χ0v) is 14.9. The van der Waals surface area contributed by atoms with Crippen LogP contribution < -0.4 is 5.32 Å². The highest BCUT2D eigenvalue weighted by Gasteiger charge is 2.49. The Morgan fingerprint density at radius 3 is 2.38 bits per heavy atom. The summed E-state index contributed by atoms with van der Waals surface area (Å²) < 4.78 is 15.1. The molecule has 1 amide bonds. The molecular formula is C14H24N4O8. The normalized spacial score (nSPS) is 29.9. The summed E-state index contributed by atoms with van der Waals surface area (Å²) in [5.41, 5.74) is 7.54. The Morgan fingerprint density at radius 2 is 1.88 bits per heavy atom. The highest BCUT2D eigenvalue weighted by atomic mass is 16.6. The first-order valence-corrected chi connectivity index (χ1v) is 7.79. The van der Waals surface area contributed by atoms with E-state index in [0.717, 1.165) is 7.11 Å². The topological polar surface area (TPSA) is 183 Å². The van der Waals surface area contributed by atoms with Crippen LogP contribution in [-0.4, -0.2) is 83.2 Å². The Morgan fingerprint density at radius 1 is 1.27 bits per heavy atom. The molecule has 0 bridgehead atoms. The Bertz CT molecular complexity index is 560. The number of carbonyl (C=O) groups excluding carboxylic acids is 2. The minimum Gasteiger partial charge on any atom is -0.467 e. The fourth-order valence-corrected chi connectivity index (χ4v) is 2.36. The molecule has 0 saturated carbocycles. The lowest BCUT2D eigenvalue weighted by atomic mass is 9.91. The first kappa shape index (κ1) is 21.9. The van der Waals surface area contributed by atoms with Crippen molar-refractivity contribution in [1.82, 2.24) is 5.32 Å². The van der Waals surface area contributed by atoms with Crippen molar-refractivity contribution >= 4 is 12.1 Å². The maximum absolute atomic E-state index is 12.1. The van der Waals surface area contributed by atoms with Crippen LogP contribution in [0.25, 0.3) is 10.4 Å². The van der Waals surface area contributed by atoms with Gasteiger partial charge in [0.1, 0.15) is 30.0 Å². The van der Waals surface area contributed by atoms with Crippen molar-refractivity contribution in [2.75, 3.05) is 13.7 Å². The highest BCUT2D eigenvalue weighted by Crippen LogP contribution is 2.24. The van der Waals surface area contributed by atoms with Crippen molar-refractivity contribution < 1.29 is 39.1 Å². The lowest BCUT2D eigenvalue weighted by molar-refractivity contribution is -0.227. The van der Waals surface area contributed by atoms with E-state index in [1.165, 1.54) is 0 Å². The number of nitrogens with zero attached hydrogens (tertiary/aromatic N) is 3. The smallest absolute Gasteiger partial charge is 0.408 e. The minimum absolute atomic E-state index is 0.363. The lowest BCUT2D eigenvalue weighted by Crippen LogP contribution is -2.65. The lowest BCUT2D eigenvalue weighted by Gasteiger charge is -2.42. The van der Waals surface area contributed by atoms with E-state index < -0.39 is 54.2 Å². The van der Waals surface area contributed by atoms with Crippen LogP contribution in [0.5, 0.6) is 0 Å². The maximum atomic E-state index is 12.1. The molecule has 3 unspecified atom stereocenters. The number of carbonyl (C=O) groups is 2. The number of azide groups is 1. The molecule has 1 aliphatic rings. The van der Waals surface area contributed by atoms with Crippen molar-refractivity contribution in [2.24, 2.45) is 5.11 Å². The van der Waals surface area contributed by atoms with Gasteiger partial charge >= 0.3 is 12.1 Å². The van der Waals surface area contributed by atoms with E-state index in [2.05, 4.69) is 20.1 Å². The first-order valence-electron chi connectivity index (χ1n) is 7.79. The molecule has 0 aliphatic carbocycles. The zero-order valence-electron chi connectivity index (χ0n) is 14.9. The van der Waals surface area contributed by atoms with Crippen LogP contribution in [0.15, 0.2) is 5.11 Å². The monoisotopic (exact) mass is 376 g/mol. The Hall–Kier alpha value is -2.11. The zero-order chi connectivity index (χ0) is 20.1. The molecule has 0 aromatic carbocycles. The van der Waals surface area contributed by atoms with Gasteiger partial charge in [0.15, 0.2) is 6.04 Å². The molecule has 148 valence electrons. The number of rotatable bonds is 5. The van der Waals surface area contributed by atoms with Gasteiger partial charge in [-0.15, -0.1) is 0 Å². The summed E-state index contributed by atoms with van der Waals surface area (Å²) in [5.74, 6) is -0.967. The summed E-state index contributed by atoms with van der Waals surface area (Å²) in [6.07, 6.45) is -8.66. The van der Waals surface area contributed by atoms with Crippen molar-refractivity contribution in [3.05, 3.63) is 10.4 Å². The summed E-state index contributed by atoms with van der Waals surface area (Å²) in [5, 5.41) is 35.6. The molecular weight excluding hydrogens is 352 g/mol. The van der Waals surface area contributed by atoms with Gasteiger partial charge in [0, 0.05) is 4.91 Å². The standard InChI is InChI=1S/C14H24N4O8/c1-14(2,3)26-13(23)17-7(12(22)24-4)11-10(21)9(20)8(19)6(25-11)5-16-18-15/h6-11,19-21H,5H2,1-4H3,(H,17,23)/t6?,7?,8-,9+,10?,11+/m1/s1. The van der Waals surface area contributed by atoms with Gasteiger partial charge in [0.2, 0.25) is 0 Å². The number of esters is 1. The average molecular weight is 376 g/mol. The fourth-order valence-electron chi connectivity index (χ4n) is 2.36. The molecule has 1 fully saturated rings. The van der Waals surface area contributed by atoms with Crippen molar-refractivity contribution in [2.45, 2.75) is 62.9 Å². The molecule has 0 aromatic rings. The fraction of sp³-hybridized carbons (Fsp3) is 0.857. The second-order valence-corrected chi connectivity index (χ2v) is 6.67. The molecule has 0 aromatic heterocycles. The molecule has 12 nitrogen and oxygen atoms in total. The number of nitrogens with one attached hydrogen (secondary N) is 1. The maximum Gasteiger partial charge on any atom is 0.408 e. The molecule has 26 heavy (non-hydrogen) atoms. The van der Waals surface area contributed by atoms with Crippen molar-refractivity contribution in [1.29, 1.82) is 0 Å². The molecule has 6 atom stereocenters. The predicted octanol–water partition coefficient (Wildman–Crippen LogP) is -0.787. The molecule has 1 rings (SSSR count). The quantitative estimate of drug-likeness (QED) is 0.208. The van der Waals surface area contributed by atoms with E-state index in [1.807, 2.05) is 0 Å². The number of hydrogen-bond donors (Lipinski definition) is 4. The third-order valence-corrected chi connectivity index (χ3v) is 3.53. The number of ether oxygens (including phenoxy) is 3. The van der Waals surface area contributed by atoms with Gasteiger partial charge in [-0.05, 0) is 26.3 Å². The molecule has 0 spiro atoms. The second kappa shape index (κ2) is 9.01. The van der Waals surface area contributed by atoms with Crippen molar-refractivity contribution in [3.8, 4) is 0 Å². The van der Waals surface area contributed by atoms with Crippen LogP contribution in [0, 0.1) is 0 Å². The van der Waals surface area contributed by atoms with Gasteiger partial charge in [-0.1, -0.05) is 5.11 Å². The number of hydrogen-bond acceptors (Lipinski definition) is 9. The molecule has 1 aliphatic heterocycles. The summed E-state index contributed by atoms with van der Waals surface area (Å²) in [7, 11) is 1.06. The number of amides is 1. The summed E-state index contributed by atoms with van der Waals surface area (Å²) in [4.78, 5) is 26.6. The van der Waals surface area contributed by atoms with Gasteiger partial charge < -0.3 is 34.8 Å². The third-order valence-electron chi connectivity index (χ3n) is 3.53. The number of methoxy groups -OCH3 is 1. The largest absolute Gasteiger partial charge is 0.467 e. The molecule has 1 saturated heterocycles. The summed E-state index contributed by atoms with van der Waals surface area (Å²) >= 11 is 0. The first-order chi connectivity index (χ1) is 12.0. The van der Waals surface area contributed by atoms with Gasteiger partial charge in [-0.3, -0.25) is 0 Å². The van der Waals surface area contributed by atoms with E-state index in [0.29, 0.717) is 0 Å². The second-order valence-electron chi connectivity index (χ2n) is 6.67. The van der Waals surface area contributed by atoms with Crippen LogP contribution >= 0.6 is 0 Å². The Labute approximate surface area is 149 Å². The minimum atomic E-state index is -1.73. The third kappa shape index (κ3) is 5.71. The summed E-state index contributed by atoms with van der Waals surface area (Å²) in [6, 6.07) is -1.54. The number of alkyl carbamates (subject to hydrolysis) is 1. The van der Waals surface area contributed by atoms with Crippen LogP contribution in [0.4, 0.5) is 4.79 Å². The SMILES string of the molecule is COC(=O)C(NC(=O)OC(C)(C)C)[C@@H]1OC(CN=[N+]=[N-])[C@@H](O)[C@H](O)C1O. The van der Waals surface area contributed by atoms with Gasteiger partial charge in [0.25, 0.3) is 0 Å². The average Bonchev–Trinajstić information content (AvgIpc) is 2.55. The number of aliphatic hydroxyl groups excluding tert-OH is 3.